The first-order valence-electron chi connectivity index (χ1n) is 6.09. The van der Waals surface area contributed by atoms with Crippen LogP contribution in [0.4, 0.5) is 0 Å². The fraction of sp³-hybridized carbons (Fsp3) is 0.455. The van der Waals surface area contributed by atoms with Crippen LogP contribution in [0.25, 0.3) is 0 Å². The summed E-state index contributed by atoms with van der Waals surface area (Å²) < 4.78 is 28.4. The second-order valence-electron chi connectivity index (χ2n) is 4.21. The molecule has 2 heterocycles. The number of aromatic nitrogens is 3. The molecule has 0 saturated carbocycles. The second-order valence-corrected chi connectivity index (χ2v) is 7.30. The highest BCUT2D eigenvalue weighted by atomic mass is 32.2. The predicted octanol–water partition coefficient (Wildman–Crippen LogP) is 0.346. The Hall–Kier alpha value is -1.29. The lowest BCUT2D eigenvalue weighted by atomic mass is 10.6. The lowest BCUT2D eigenvalue weighted by Gasteiger charge is -2.02. The van der Waals surface area contributed by atoms with E-state index in [0.717, 1.165) is 16.4 Å². The van der Waals surface area contributed by atoms with Crippen LogP contribution in [-0.2, 0) is 23.1 Å². The highest BCUT2D eigenvalue weighted by Gasteiger charge is 2.16. The third-order valence-electron chi connectivity index (χ3n) is 2.62. The number of likely N-dealkylation sites (N-methyl/N-ethyl adjacent to an activating group) is 1. The number of sulfonamides is 1. The second kappa shape index (κ2) is 6.44. The molecule has 20 heavy (non-hydrogen) atoms. The maximum absolute atomic E-state index is 12.1. The Morgan fingerprint density at radius 3 is 2.85 bits per heavy atom. The van der Waals surface area contributed by atoms with Gasteiger partial charge in [-0.25, -0.2) is 18.1 Å². The topological polar surface area (TPSA) is 88.9 Å². The maximum atomic E-state index is 12.1. The van der Waals surface area contributed by atoms with Crippen molar-refractivity contribution in [2.45, 2.75) is 24.9 Å². The number of rotatable bonds is 7. The van der Waals surface area contributed by atoms with Crippen molar-refractivity contribution in [1.82, 2.24) is 24.8 Å². The highest BCUT2D eigenvalue weighted by Crippen LogP contribution is 2.13. The molecule has 0 bridgehead atoms. The van der Waals surface area contributed by atoms with E-state index in [0.29, 0.717) is 6.54 Å². The van der Waals surface area contributed by atoms with Gasteiger partial charge in [-0.1, -0.05) is 0 Å². The minimum absolute atomic E-state index is 0.176. The molecule has 110 valence electrons. The Labute approximate surface area is 122 Å². The molecule has 0 spiro atoms. The molecule has 0 amide bonds. The van der Waals surface area contributed by atoms with Crippen LogP contribution in [0.2, 0.25) is 0 Å². The molecule has 0 aliphatic rings. The summed E-state index contributed by atoms with van der Waals surface area (Å²) in [7, 11) is -1.70. The minimum atomic E-state index is -3.53. The maximum Gasteiger partial charge on any atom is 0.244 e. The van der Waals surface area contributed by atoms with Gasteiger partial charge < -0.3 is 5.32 Å². The van der Waals surface area contributed by atoms with E-state index < -0.39 is 10.0 Å². The minimum Gasteiger partial charge on any atom is -0.318 e. The first-order valence-corrected chi connectivity index (χ1v) is 8.39. The lowest BCUT2D eigenvalue weighted by molar-refractivity contribution is 0.576. The van der Waals surface area contributed by atoms with Crippen molar-refractivity contribution in [3.05, 3.63) is 28.5 Å². The van der Waals surface area contributed by atoms with Gasteiger partial charge in [0.1, 0.15) is 4.90 Å². The average molecular weight is 315 g/mol. The molecule has 2 aromatic heterocycles. The Bertz CT molecular complexity index is 662. The Balaban J connectivity index is 2.00. The smallest absolute Gasteiger partial charge is 0.244 e. The molecule has 0 unspecified atom stereocenters. The molecule has 2 rings (SSSR count). The number of nitrogens with zero attached hydrogens (tertiary/aromatic N) is 3. The highest BCUT2D eigenvalue weighted by molar-refractivity contribution is 7.89. The van der Waals surface area contributed by atoms with E-state index in [1.54, 1.807) is 10.9 Å². The molecule has 0 atom stereocenters. The van der Waals surface area contributed by atoms with E-state index in [1.807, 2.05) is 14.0 Å². The first-order chi connectivity index (χ1) is 9.51. The summed E-state index contributed by atoms with van der Waals surface area (Å²) in [5, 5.41) is 7.92. The van der Waals surface area contributed by atoms with Gasteiger partial charge in [-0.3, -0.25) is 4.68 Å². The zero-order chi connectivity index (χ0) is 14.6. The van der Waals surface area contributed by atoms with E-state index >= 15 is 0 Å². The van der Waals surface area contributed by atoms with Gasteiger partial charge in [-0.15, -0.1) is 11.3 Å². The quantitative estimate of drug-likeness (QED) is 0.769. The molecular weight excluding hydrogens is 298 g/mol. The van der Waals surface area contributed by atoms with Crippen LogP contribution in [0.5, 0.6) is 0 Å². The van der Waals surface area contributed by atoms with E-state index in [9.17, 15) is 8.42 Å². The van der Waals surface area contributed by atoms with Gasteiger partial charge in [0.05, 0.1) is 17.7 Å². The lowest BCUT2D eigenvalue weighted by Crippen LogP contribution is -2.22. The van der Waals surface area contributed by atoms with Crippen LogP contribution in [0.15, 0.2) is 23.5 Å². The van der Waals surface area contributed by atoms with Gasteiger partial charge in [0.25, 0.3) is 0 Å². The van der Waals surface area contributed by atoms with Gasteiger partial charge in [-0.05, 0) is 14.0 Å². The van der Waals surface area contributed by atoms with Gasteiger partial charge in [0.2, 0.25) is 10.0 Å². The largest absolute Gasteiger partial charge is 0.318 e. The number of aryl methyl sites for hydroxylation is 1. The van der Waals surface area contributed by atoms with E-state index in [4.69, 9.17) is 0 Å². The van der Waals surface area contributed by atoms with E-state index in [2.05, 4.69) is 20.1 Å². The average Bonchev–Trinajstić information content (AvgIpc) is 3.03. The van der Waals surface area contributed by atoms with Crippen molar-refractivity contribution in [3.8, 4) is 0 Å². The molecule has 2 N–H and O–H groups in total. The standard InChI is InChI=1S/C11H17N5O2S2/c1-9-13-5-10(19-9)6-15-20(17,18)11-7-14-16(8-11)4-3-12-2/h5,7-8,12,15H,3-4,6H2,1-2H3. The molecular formula is C11H17N5O2S2. The molecule has 0 saturated heterocycles. The Kier molecular flexibility index (Phi) is 4.86. The van der Waals surface area contributed by atoms with E-state index in [1.165, 1.54) is 23.7 Å². The summed E-state index contributed by atoms with van der Waals surface area (Å²) in [6.07, 6.45) is 4.56. The van der Waals surface area contributed by atoms with E-state index in [-0.39, 0.29) is 11.4 Å². The summed E-state index contributed by atoms with van der Waals surface area (Å²) in [5.74, 6) is 0. The van der Waals surface area contributed by atoms with Gasteiger partial charge in [0.15, 0.2) is 0 Å². The molecule has 0 aliphatic carbocycles. The van der Waals surface area contributed by atoms with Crippen LogP contribution < -0.4 is 10.0 Å². The number of nitrogens with one attached hydrogen (secondary N) is 2. The van der Waals surface area contributed by atoms with Crippen molar-refractivity contribution in [3.63, 3.8) is 0 Å². The van der Waals surface area contributed by atoms with Gasteiger partial charge in [-0.2, -0.15) is 5.10 Å². The Morgan fingerprint density at radius 1 is 1.40 bits per heavy atom. The fourth-order valence-electron chi connectivity index (χ4n) is 1.57. The third kappa shape index (κ3) is 3.85. The van der Waals surface area contributed by atoms with Crippen molar-refractivity contribution in [1.29, 1.82) is 0 Å². The van der Waals surface area contributed by atoms with Crippen molar-refractivity contribution in [2.24, 2.45) is 0 Å². The van der Waals surface area contributed by atoms with Crippen LogP contribution in [0.3, 0.4) is 0 Å². The van der Waals surface area contributed by atoms with Gasteiger partial charge >= 0.3 is 0 Å². The molecule has 0 radical (unpaired) electrons. The van der Waals surface area contributed by atoms with Crippen LogP contribution in [0, 0.1) is 6.92 Å². The number of hydrogen-bond donors (Lipinski definition) is 2. The zero-order valence-electron chi connectivity index (χ0n) is 11.3. The van der Waals surface area contributed by atoms with Crippen molar-refractivity contribution >= 4 is 21.4 Å². The Morgan fingerprint density at radius 2 is 2.20 bits per heavy atom. The molecule has 2 aromatic rings. The zero-order valence-corrected chi connectivity index (χ0v) is 13.0. The van der Waals surface area contributed by atoms with Crippen molar-refractivity contribution in [2.75, 3.05) is 13.6 Å². The van der Waals surface area contributed by atoms with Crippen molar-refractivity contribution < 1.29 is 8.42 Å². The predicted molar refractivity (Wildman–Crippen MR) is 77.0 cm³/mol. The summed E-state index contributed by atoms with van der Waals surface area (Å²) in [5.41, 5.74) is 0. The molecule has 9 heteroatoms. The fourth-order valence-corrected chi connectivity index (χ4v) is 3.35. The summed E-state index contributed by atoms with van der Waals surface area (Å²) in [6.45, 7) is 3.48. The monoisotopic (exact) mass is 315 g/mol. The van der Waals surface area contributed by atoms with Crippen LogP contribution >= 0.6 is 11.3 Å². The number of hydrogen-bond acceptors (Lipinski definition) is 6. The summed E-state index contributed by atoms with van der Waals surface area (Å²) in [4.78, 5) is 5.15. The number of thiazole rings is 1. The summed E-state index contributed by atoms with van der Waals surface area (Å²) >= 11 is 1.47. The van der Waals surface area contributed by atoms with Crippen LogP contribution in [-0.4, -0.2) is 36.8 Å². The third-order valence-corrected chi connectivity index (χ3v) is 4.88. The summed E-state index contributed by atoms with van der Waals surface area (Å²) in [6, 6.07) is 0. The SMILES string of the molecule is CNCCn1cc(S(=O)(=O)NCc2cnc(C)s2)cn1. The molecule has 0 aliphatic heterocycles. The first kappa shape index (κ1) is 15.1. The molecule has 7 nitrogen and oxygen atoms in total. The molecule has 0 aromatic carbocycles. The van der Waals surface area contributed by atoms with Gasteiger partial charge in [0, 0.05) is 30.4 Å². The van der Waals surface area contributed by atoms with Crippen LogP contribution in [0.1, 0.15) is 9.88 Å². The molecule has 0 fully saturated rings. The normalized spacial score (nSPS) is 11.9.